The Morgan fingerprint density at radius 2 is 2.29 bits per heavy atom. The number of thioether (sulfide) groups is 1. The van der Waals surface area contributed by atoms with Crippen LogP contribution in [0.2, 0.25) is 0 Å². The van der Waals surface area contributed by atoms with Crippen LogP contribution in [0.1, 0.15) is 38.5 Å². The summed E-state index contributed by atoms with van der Waals surface area (Å²) in [6.45, 7) is 0.713. The van der Waals surface area contributed by atoms with Crippen molar-refractivity contribution in [3.8, 4) is 0 Å². The lowest BCUT2D eigenvalue weighted by molar-refractivity contribution is -0.150. The van der Waals surface area contributed by atoms with Crippen LogP contribution in [0, 0.1) is 0 Å². The zero-order valence-electron chi connectivity index (χ0n) is 13.5. The van der Waals surface area contributed by atoms with E-state index in [9.17, 15) is 14.7 Å². The number of carboxylic acids is 1. The molecule has 0 aliphatic carbocycles. The fourth-order valence-corrected chi connectivity index (χ4v) is 5.52. The van der Waals surface area contributed by atoms with E-state index in [1.54, 1.807) is 0 Å². The molecule has 0 spiro atoms. The second-order valence-corrected chi connectivity index (χ2v) is 8.99. The molecule has 9 heteroatoms. The Labute approximate surface area is 148 Å². The molecular formula is C15H25N2O5PS. The van der Waals surface area contributed by atoms with Gasteiger partial charge in [0.2, 0.25) is 0 Å². The topological polar surface area (TPSA) is 99.1 Å². The zero-order valence-corrected chi connectivity index (χ0v) is 15.5. The van der Waals surface area contributed by atoms with E-state index >= 15 is 0 Å². The molecule has 6 atom stereocenters. The summed E-state index contributed by atoms with van der Waals surface area (Å²) < 4.78 is 5.78. The maximum Gasteiger partial charge on any atom is 0.339 e. The molecule has 3 saturated heterocycles. The largest absolute Gasteiger partial charge is 0.479 e. The first-order valence-corrected chi connectivity index (χ1v) is 10.1. The minimum Gasteiger partial charge on any atom is -0.479 e. The van der Waals surface area contributed by atoms with Crippen LogP contribution < -0.4 is 5.32 Å². The highest BCUT2D eigenvalue weighted by Gasteiger charge is 2.50. The van der Waals surface area contributed by atoms with Crippen LogP contribution in [-0.4, -0.2) is 68.4 Å². The van der Waals surface area contributed by atoms with E-state index in [1.807, 2.05) is 25.9 Å². The average Bonchev–Trinajstić information content (AvgIpc) is 3.06. The van der Waals surface area contributed by atoms with Crippen LogP contribution in [0.3, 0.4) is 0 Å². The van der Waals surface area contributed by atoms with Crippen molar-refractivity contribution in [1.82, 2.24) is 10.2 Å². The van der Waals surface area contributed by atoms with Crippen LogP contribution >= 0.6 is 21.0 Å². The average molecular weight is 376 g/mol. The van der Waals surface area contributed by atoms with E-state index in [0.717, 1.165) is 31.4 Å². The normalized spacial score (nSPS) is 35.4. The molecule has 3 aliphatic heterocycles. The van der Waals surface area contributed by atoms with Gasteiger partial charge in [-0.1, -0.05) is 9.24 Å². The van der Waals surface area contributed by atoms with Gasteiger partial charge < -0.3 is 20.3 Å². The number of urea groups is 1. The monoisotopic (exact) mass is 376 g/mol. The highest BCUT2D eigenvalue weighted by Crippen LogP contribution is 2.39. The molecular weight excluding hydrogens is 351 g/mol. The molecule has 2 amide bonds. The second kappa shape index (κ2) is 7.36. The van der Waals surface area contributed by atoms with Gasteiger partial charge in [-0.2, -0.15) is 11.8 Å². The first-order chi connectivity index (χ1) is 11.4. The molecule has 136 valence electrons. The van der Waals surface area contributed by atoms with Gasteiger partial charge in [0, 0.05) is 17.6 Å². The van der Waals surface area contributed by atoms with E-state index in [-0.39, 0.29) is 36.0 Å². The molecule has 24 heavy (non-hydrogen) atoms. The number of carbonyl (C=O) groups is 2. The van der Waals surface area contributed by atoms with Gasteiger partial charge in [0.1, 0.15) is 6.23 Å². The molecule has 0 aromatic carbocycles. The van der Waals surface area contributed by atoms with E-state index in [0.29, 0.717) is 13.0 Å². The Balaban J connectivity index is 1.54. The number of hydrogen-bond donors (Lipinski definition) is 3. The van der Waals surface area contributed by atoms with E-state index in [2.05, 4.69) is 5.32 Å². The van der Waals surface area contributed by atoms with Crippen LogP contribution in [0.5, 0.6) is 0 Å². The predicted octanol–water partition coefficient (Wildman–Crippen LogP) is 1.21. The van der Waals surface area contributed by atoms with Crippen LogP contribution in [0.25, 0.3) is 0 Å². The highest BCUT2D eigenvalue weighted by atomic mass is 32.2. The Kier molecular flexibility index (Phi) is 5.59. The molecule has 3 rings (SSSR count). The summed E-state index contributed by atoms with van der Waals surface area (Å²) in [6.07, 6.45) is 4.48. The first kappa shape index (κ1) is 18.2. The fourth-order valence-electron chi connectivity index (χ4n) is 3.72. The van der Waals surface area contributed by atoms with Gasteiger partial charge in [0.05, 0.1) is 12.1 Å². The lowest BCUT2D eigenvalue weighted by Gasteiger charge is -2.33. The molecule has 7 nitrogen and oxygen atoms in total. The number of aliphatic carboxylic acids is 1. The van der Waals surface area contributed by atoms with Crippen molar-refractivity contribution < 1.29 is 24.5 Å². The first-order valence-electron chi connectivity index (χ1n) is 8.47. The number of amides is 2. The molecule has 3 fully saturated rings. The summed E-state index contributed by atoms with van der Waals surface area (Å²) in [5, 5.41) is 20.3. The third-order valence-corrected chi connectivity index (χ3v) is 7.09. The third kappa shape index (κ3) is 3.66. The summed E-state index contributed by atoms with van der Waals surface area (Å²) >= 11 is 1.82. The molecule has 0 bridgehead atoms. The zero-order chi connectivity index (χ0) is 17.3. The molecule has 3 heterocycles. The SMILES string of the molecule is O=C1N[C@@H]2[C@H](CCCC(O)(P)C(=O)O)SC[C@@H]2N1C1CCCCO1. The van der Waals surface area contributed by atoms with Crippen molar-refractivity contribution in [1.29, 1.82) is 0 Å². The van der Waals surface area contributed by atoms with Crippen LogP contribution in [0.15, 0.2) is 0 Å². The number of fused-ring (bicyclic) bond motifs is 1. The number of nitrogens with zero attached hydrogens (tertiary/aromatic N) is 1. The van der Waals surface area contributed by atoms with E-state index in [1.165, 1.54) is 0 Å². The molecule has 0 radical (unpaired) electrons. The number of nitrogens with one attached hydrogen (secondary N) is 1. The maximum atomic E-state index is 12.4. The van der Waals surface area contributed by atoms with Crippen molar-refractivity contribution in [3.63, 3.8) is 0 Å². The number of ether oxygens (including phenoxy) is 1. The minimum atomic E-state index is -1.76. The van der Waals surface area contributed by atoms with Gasteiger partial charge in [-0.25, -0.2) is 9.59 Å². The Hall–Kier alpha value is -0.560. The fraction of sp³-hybridized carbons (Fsp3) is 0.867. The summed E-state index contributed by atoms with van der Waals surface area (Å²) in [5.74, 6) is -0.350. The molecule has 0 aromatic heterocycles. The number of aliphatic hydroxyl groups is 1. The predicted molar refractivity (Wildman–Crippen MR) is 93.9 cm³/mol. The quantitative estimate of drug-likeness (QED) is 0.476. The lowest BCUT2D eigenvalue weighted by Crippen LogP contribution is -2.46. The van der Waals surface area contributed by atoms with Gasteiger partial charge in [-0.15, -0.1) is 0 Å². The Bertz CT molecular complexity index is 500. The van der Waals surface area contributed by atoms with E-state index < -0.39 is 11.3 Å². The van der Waals surface area contributed by atoms with Crippen LogP contribution in [-0.2, 0) is 9.53 Å². The summed E-state index contributed by atoms with van der Waals surface area (Å²) in [6, 6.07) is 0.177. The Morgan fingerprint density at radius 3 is 2.96 bits per heavy atom. The van der Waals surface area contributed by atoms with Crippen molar-refractivity contribution in [2.45, 2.75) is 67.4 Å². The van der Waals surface area contributed by atoms with Crippen molar-refractivity contribution >= 4 is 33.0 Å². The number of carbonyl (C=O) groups excluding carboxylic acids is 1. The van der Waals surface area contributed by atoms with Gasteiger partial charge in [0.25, 0.3) is 0 Å². The Morgan fingerprint density at radius 1 is 1.50 bits per heavy atom. The highest BCUT2D eigenvalue weighted by molar-refractivity contribution is 8.00. The van der Waals surface area contributed by atoms with Crippen molar-refractivity contribution in [2.75, 3.05) is 12.4 Å². The molecule has 3 N–H and O–H groups in total. The van der Waals surface area contributed by atoms with Crippen molar-refractivity contribution in [3.05, 3.63) is 0 Å². The van der Waals surface area contributed by atoms with E-state index in [4.69, 9.17) is 9.84 Å². The summed E-state index contributed by atoms with van der Waals surface area (Å²) in [5.41, 5.74) is 0. The van der Waals surface area contributed by atoms with Gasteiger partial charge >= 0.3 is 12.0 Å². The van der Waals surface area contributed by atoms with Gasteiger partial charge in [0.15, 0.2) is 5.34 Å². The smallest absolute Gasteiger partial charge is 0.339 e. The second-order valence-electron chi connectivity index (χ2n) is 6.76. The maximum absolute atomic E-state index is 12.4. The molecule has 0 aromatic rings. The lowest BCUT2D eigenvalue weighted by atomic mass is 10.0. The summed E-state index contributed by atoms with van der Waals surface area (Å²) in [7, 11) is 2.00. The molecule has 0 saturated carbocycles. The molecule has 3 aliphatic rings. The number of hydrogen-bond acceptors (Lipinski definition) is 5. The van der Waals surface area contributed by atoms with Gasteiger partial charge in [-0.05, 0) is 38.5 Å². The third-order valence-electron chi connectivity index (χ3n) is 5.06. The number of carboxylic acid groups (broad SMARTS) is 1. The number of rotatable bonds is 6. The minimum absolute atomic E-state index is 0.0460. The van der Waals surface area contributed by atoms with Crippen LogP contribution in [0.4, 0.5) is 4.79 Å². The van der Waals surface area contributed by atoms with Crippen molar-refractivity contribution in [2.24, 2.45) is 0 Å². The standard InChI is InChI=1S/C15H25N2O5PS/c18-13(19)15(21,23)6-3-4-10-12-9(8-24-10)17(14(20)16-12)11-5-1-2-7-22-11/h9-12,21H,1-8,23H2,(H,16,20)(H,18,19)/t9-,10-,11?,12-,15?/m0/s1. The molecule has 3 unspecified atom stereocenters. The summed E-state index contributed by atoms with van der Waals surface area (Å²) in [4.78, 5) is 25.2. The van der Waals surface area contributed by atoms with Gasteiger partial charge in [-0.3, -0.25) is 4.90 Å².